The fraction of sp³-hybridized carbons (Fsp3) is 0.609. The second-order valence-electron chi connectivity index (χ2n) is 8.59. The highest BCUT2D eigenvalue weighted by molar-refractivity contribution is 6.09. The number of hydrogen-bond donors (Lipinski definition) is 2. The number of anilines is 1. The molecule has 0 spiro atoms. The molecule has 0 radical (unpaired) electrons. The summed E-state index contributed by atoms with van der Waals surface area (Å²) in [5.41, 5.74) is 6.19. The molecule has 0 aliphatic carbocycles. The van der Waals surface area contributed by atoms with Crippen LogP contribution < -0.4 is 10.2 Å². The third-order valence-corrected chi connectivity index (χ3v) is 6.54. The first-order chi connectivity index (χ1) is 15.0. The van der Waals surface area contributed by atoms with Crippen LogP contribution in [0.4, 0.5) is 10.5 Å². The van der Waals surface area contributed by atoms with Gasteiger partial charge < -0.3 is 24.6 Å². The topological polar surface area (TPSA) is 90.8 Å². The molecular formula is C23H33N5O3. The van der Waals surface area contributed by atoms with Gasteiger partial charge in [0.1, 0.15) is 5.84 Å². The maximum atomic E-state index is 12.2. The van der Waals surface area contributed by atoms with E-state index in [0.29, 0.717) is 31.4 Å². The number of rotatable bonds is 3. The van der Waals surface area contributed by atoms with Gasteiger partial charge in [0.15, 0.2) is 0 Å². The largest absolute Gasteiger partial charge is 0.453 e. The summed E-state index contributed by atoms with van der Waals surface area (Å²) < 4.78 is 10.5. The molecule has 0 bridgehead atoms. The van der Waals surface area contributed by atoms with Crippen LogP contribution in [0.1, 0.15) is 42.6 Å². The number of aryl methyl sites for hydroxylation is 3. The molecule has 0 saturated carbocycles. The Balaban J connectivity index is 1.66. The first-order valence-electron chi connectivity index (χ1n) is 11.2. The van der Waals surface area contributed by atoms with Gasteiger partial charge in [-0.1, -0.05) is 0 Å². The molecule has 0 atom stereocenters. The Morgan fingerprint density at radius 3 is 2.77 bits per heavy atom. The van der Waals surface area contributed by atoms with Gasteiger partial charge in [-0.25, -0.2) is 4.79 Å². The molecule has 4 heterocycles. The molecule has 1 aromatic heterocycles. The normalized spacial score (nSPS) is 19.8. The highest BCUT2D eigenvalue weighted by Crippen LogP contribution is 2.31. The summed E-state index contributed by atoms with van der Waals surface area (Å²) in [5, 5.41) is 12.9. The third kappa shape index (κ3) is 4.54. The van der Waals surface area contributed by atoms with Gasteiger partial charge in [-0.2, -0.15) is 0 Å². The van der Waals surface area contributed by atoms with Gasteiger partial charge >= 0.3 is 6.09 Å². The second-order valence-corrected chi connectivity index (χ2v) is 8.59. The molecule has 0 unspecified atom stereocenters. The molecule has 3 aliphatic rings. The van der Waals surface area contributed by atoms with E-state index < -0.39 is 0 Å². The molecule has 168 valence electrons. The zero-order valence-corrected chi connectivity index (χ0v) is 18.8. The van der Waals surface area contributed by atoms with Crippen molar-refractivity contribution in [2.75, 3.05) is 44.9 Å². The van der Waals surface area contributed by atoms with E-state index >= 15 is 0 Å². The average Bonchev–Trinajstić information content (AvgIpc) is 2.79. The number of carbonyl (C=O) groups excluding carboxylic acids is 1. The van der Waals surface area contributed by atoms with Crippen molar-refractivity contribution in [2.45, 2.75) is 52.0 Å². The number of fused-ring (bicyclic) bond motifs is 1. The van der Waals surface area contributed by atoms with Crippen molar-refractivity contribution < 1.29 is 14.3 Å². The van der Waals surface area contributed by atoms with Crippen LogP contribution in [0.25, 0.3) is 0 Å². The van der Waals surface area contributed by atoms with E-state index in [4.69, 9.17) is 19.9 Å². The summed E-state index contributed by atoms with van der Waals surface area (Å²) in [5.74, 6) is 0.453. The average molecular weight is 428 g/mol. The third-order valence-electron chi connectivity index (χ3n) is 6.54. The lowest BCUT2D eigenvalue weighted by atomic mass is 9.99. The maximum absolute atomic E-state index is 12.2. The van der Waals surface area contributed by atoms with Crippen LogP contribution in [0.3, 0.4) is 0 Å². The molecule has 0 aromatic carbocycles. The van der Waals surface area contributed by atoms with Crippen LogP contribution >= 0.6 is 0 Å². The van der Waals surface area contributed by atoms with Crippen molar-refractivity contribution >= 4 is 17.6 Å². The Morgan fingerprint density at radius 1 is 1.26 bits per heavy atom. The van der Waals surface area contributed by atoms with E-state index in [9.17, 15) is 4.79 Å². The smallest absolute Gasteiger partial charge is 0.409 e. The van der Waals surface area contributed by atoms with Gasteiger partial charge in [0, 0.05) is 55.7 Å². The molecule has 31 heavy (non-hydrogen) atoms. The summed E-state index contributed by atoms with van der Waals surface area (Å²) in [4.78, 5) is 20.8. The number of nitrogens with one attached hydrogen (secondary N) is 2. The summed E-state index contributed by atoms with van der Waals surface area (Å²) >= 11 is 0. The van der Waals surface area contributed by atoms with E-state index in [-0.39, 0.29) is 6.09 Å². The minimum Gasteiger partial charge on any atom is -0.453 e. The molecule has 2 N–H and O–H groups in total. The number of amides is 1. The number of amidine groups is 1. The molecule has 3 aliphatic heterocycles. The van der Waals surface area contributed by atoms with Crippen molar-refractivity contribution in [3.63, 3.8) is 0 Å². The van der Waals surface area contributed by atoms with Gasteiger partial charge in [0.05, 0.1) is 25.0 Å². The zero-order valence-electron chi connectivity index (χ0n) is 18.8. The predicted octanol–water partition coefficient (Wildman–Crippen LogP) is 2.92. The fourth-order valence-electron chi connectivity index (χ4n) is 4.59. The minimum absolute atomic E-state index is 0.344. The standard InChI is InChI=1S/C23H33N5O3/c1-15-13-21-20(25-16(15)2)5-4-9-28(21)22(24)18-14-27(23(29)30-3)10-6-19(18)26-17-7-11-31-12-8-17/h13,17,24,26H,4-12,14H2,1-3H3. The van der Waals surface area contributed by atoms with Crippen LogP contribution in [0.15, 0.2) is 17.3 Å². The number of aromatic nitrogens is 1. The highest BCUT2D eigenvalue weighted by Gasteiger charge is 2.31. The van der Waals surface area contributed by atoms with Gasteiger partial charge in [-0.05, 0) is 51.2 Å². The molecule has 8 nitrogen and oxygen atoms in total. The highest BCUT2D eigenvalue weighted by atomic mass is 16.5. The first kappa shape index (κ1) is 21.6. The Kier molecular flexibility index (Phi) is 6.46. The number of nitrogens with zero attached hydrogens (tertiary/aromatic N) is 3. The zero-order chi connectivity index (χ0) is 22.0. The van der Waals surface area contributed by atoms with Crippen molar-refractivity contribution in [1.82, 2.24) is 15.2 Å². The molecule has 1 saturated heterocycles. The Hall–Kier alpha value is -2.61. The lowest BCUT2D eigenvalue weighted by Crippen LogP contribution is -2.47. The maximum Gasteiger partial charge on any atom is 0.409 e. The number of carbonyl (C=O) groups is 1. The number of methoxy groups -OCH3 is 1. The van der Waals surface area contributed by atoms with Crippen molar-refractivity contribution in [2.24, 2.45) is 0 Å². The molecular weight excluding hydrogens is 394 g/mol. The van der Waals surface area contributed by atoms with E-state index in [1.165, 1.54) is 7.11 Å². The lowest BCUT2D eigenvalue weighted by molar-refractivity contribution is 0.0796. The van der Waals surface area contributed by atoms with Crippen molar-refractivity contribution in [3.8, 4) is 0 Å². The molecule has 1 aromatic rings. The van der Waals surface area contributed by atoms with Gasteiger partial charge in [0.2, 0.25) is 0 Å². The van der Waals surface area contributed by atoms with Crippen LogP contribution in [0, 0.1) is 19.3 Å². The van der Waals surface area contributed by atoms with E-state index in [1.807, 2.05) is 6.92 Å². The first-order valence-corrected chi connectivity index (χ1v) is 11.2. The summed E-state index contributed by atoms with van der Waals surface area (Å²) in [6, 6.07) is 2.50. The SMILES string of the molecule is COC(=O)N1CCC(NC2CCOCC2)=C(C(=N)N2CCCc3nc(C)c(C)cc32)C1. The summed E-state index contributed by atoms with van der Waals surface area (Å²) in [6.07, 6.45) is 4.15. The van der Waals surface area contributed by atoms with E-state index in [0.717, 1.165) is 79.4 Å². The number of ether oxygens (including phenoxy) is 2. The van der Waals surface area contributed by atoms with Crippen molar-refractivity contribution in [1.29, 1.82) is 5.41 Å². The molecule has 4 rings (SSSR count). The van der Waals surface area contributed by atoms with Gasteiger partial charge in [-0.3, -0.25) is 10.4 Å². The Bertz CT molecular complexity index is 891. The van der Waals surface area contributed by atoms with Gasteiger partial charge in [-0.15, -0.1) is 0 Å². The van der Waals surface area contributed by atoms with Crippen LogP contribution in [-0.2, 0) is 15.9 Å². The minimum atomic E-state index is -0.345. The number of hydrogen-bond acceptors (Lipinski definition) is 6. The summed E-state index contributed by atoms with van der Waals surface area (Å²) in [7, 11) is 1.41. The van der Waals surface area contributed by atoms with E-state index in [2.05, 4.69) is 23.2 Å². The predicted molar refractivity (Wildman–Crippen MR) is 120 cm³/mol. The van der Waals surface area contributed by atoms with Crippen LogP contribution in [0.5, 0.6) is 0 Å². The molecule has 1 fully saturated rings. The van der Waals surface area contributed by atoms with Crippen LogP contribution in [-0.4, -0.2) is 67.8 Å². The Morgan fingerprint density at radius 2 is 2.03 bits per heavy atom. The van der Waals surface area contributed by atoms with Crippen LogP contribution in [0.2, 0.25) is 0 Å². The monoisotopic (exact) mass is 427 g/mol. The summed E-state index contributed by atoms with van der Waals surface area (Å²) in [6.45, 7) is 7.37. The number of pyridine rings is 1. The second kappa shape index (κ2) is 9.26. The van der Waals surface area contributed by atoms with Gasteiger partial charge in [0.25, 0.3) is 0 Å². The van der Waals surface area contributed by atoms with Crippen molar-refractivity contribution in [3.05, 3.63) is 34.3 Å². The van der Waals surface area contributed by atoms with E-state index in [1.54, 1.807) is 4.90 Å². The fourth-order valence-corrected chi connectivity index (χ4v) is 4.59. The molecule has 8 heteroatoms. The quantitative estimate of drug-likeness (QED) is 0.569. The Labute approximate surface area is 184 Å². The molecule has 1 amide bonds. The lowest BCUT2D eigenvalue weighted by Gasteiger charge is -2.37.